The maximum atomic E-state index is 8.73. The lowest BCUT2D eigenvalue weighted by molar-refractivity contribution is 0.355. The summed E-state index contributed by atoms with van der Waals surface area (Å²) in [5.74, 6) is 0. The third-order valence-corrected chi connectivity index (χ3v) is 2.83. The van der Waals surface area contributed by atoms with E-state index < -0.39 is 0 Å². The Kier molecular flexibility index (Phi) is 3.57. The molecule has 1 heterocycles. The normalized spacial score (nSPS) is 11.1. The Morgan fingerprint density at radius 1 is 1.26 bits per heavy atom. The van der Waals surface area contributed by atoms with Gasteiger partial charge in [0.1, 0.15) is 0 Å². The van der Waals surface area contributed by atoms with Crippen molar-refractivity contribution in [3.63, 3.8) is 0 Å². The van der Waals surface area contributed by atoms with Crippen LogP contribution in [-0.4, -0.2) is 9.78 Å². The van der Waals surface area contributed by atoms with Gasteiger partial charge in [-0.15, -0.1) is 0 Å². The zero-order valence-corrected chi connectivity index (χ0v) is 11.5. The van der Waals surface area contributed by atoms with Crippen LogP contribution < -0.4 is 5.32 Å². The van der Waals surface area contributed by atoms with Crippen LogP contribution in [0.2, 0.25) is 0 Å². The van der Waals surface area contributed by atoms with Gasteiger partial charge >= 0.3 is 0 Å². The second-order valence-electron chi connectivity index (χ2n) is 5.51. The molecular formula is C15H18N4. The second kappa shape index (κ2) is 5.15. The quantitative estimate of drug-likeness (QED) is 0.915. The van der Waals surface area contributed by atoms with Gasteiger partial charge in [-0.2, -0.15) is 10.4 Å². The van der Waals surface area contributed by atoms with E-state index in [2.05, 4.69) is 43.5 Å². The van der Waals surface area contributed by atoms with Gasteiger partial charge in [0, 0.05) is 24.0 Å². The summed E-state index contributed by atoms with van der Waals surface area (Å²) in [4.78, 5) is 0. The first-order chi connectivity index (χ1) is 8.99. The summed E-state index contributed by atoms with van der Waals surface area (Å²) in [7, 11) is 0. The summed E-state index contributed by atoms with van der Waals surface area (Å²) in [5.41, 5.74) is 2.82. The maximum Gasteiger partial charge on any atom is 0.0991 e. The number of nitrogens with one attached hydrogen (secondary N) is 1. The minimum atomic E-state index is 0.00664. The lowest BCUT2D eigenvalue weighted by Gasteiger charge is -2.18. The van der Waals surface area contributed by atoms with Gasteiger partial charge in [-0.05, 0) is 45.0 Å². The molecule has 0 aliphatic heterocycles. The molecule has 0 amide bonds. The Labute approximate surface area is 113 Å². The van der Waals surface area contributed by atoms with E-state index in [1.807, 2.05) is 23.0 Å². The van der Waals surface area contributed by atoms with Gasteiger partial charge in [0.25, 0.3) is 0 Å². The molecule has 98 valence electrons. The van der Waals surface area contributed by atoms with Crippen LogP contribution in [0.5, 0.6) is 0 Å². The number of hydrogen-bond acceptors (Lipinski definition) is 3. The molecule has 0 saturated carbocycles. The van der Waals surface area contributed by atoms with Crippen molar-refractivity contribution in [3.05, 3.63) is 47.8 Å². The van der Waals surface area contributed by atoms with Crippen LogP contribution in [-0.2, 0) is 12.1 Å². The Balaban J connectivity index is 1.99. The van der Waals surface area contributed by atoms with Crippen molar-refractivity contribution in [2.24, 2.45) is 0 Å². The first-order valence-electron chi connectivity index (χ1n) is 6.27. The van der Waals surface area contributed by atoms with Crippen molar-refractivity contribution in [1.82, 2.24) is 9.78 Å². The first kappa shape index (κ1) is 13.2. The minimum Gasteiger partial charge on any atom is -0.381 e. The monoisotopic (exact) mass is 254 g/mol. The predicted octanol–water partition coefficient (Wildman–Crippen LogP) is 3.12. The molecule has 2 aromatic rings. The summed E-state index contributed by atoms with van der Waals surface area (Å²) in [6.07, 6.45) is 3.93. The topological polar surface area (TPSA) is 53.6 Å². The van der Waals surface area contributed by atoms with Gasteiger partial charge in [0.2, 0.25) is 0 Å². The van der Waals surface area contributed by atoms with Crippen molar-refractivity contribution in [1.29, 1.82) is 5.26 Å². The van der Waals surface area contributed by atoms with Crippen LogP contribution in [0.4, 0.5) is 5.69 Å². The molecule has 0 unspecified atom stereocenters. The number of nitrogens with zero attached hydrogens (tertiary/aromatic N) is 3. The van der Waals surface area contributed by atoms with E-state index in [4.69, 9.17) is 5.26 Å². The molecule has 0 fully saturated rings. The van der Waals surface area contributed by atoms with E-state index in [-0.39, 0.29) is 5.54 Å². The van der Waals surface area contributed by atoms with Gasteiger partial charge in [-0.1, -0.05) is 0 Å². The number of nitriles is 1. The van der Waals surface area contributed by atoms with Crippen LogP contribution in [0.1, 0.15) is 31.9 Å². The highest BCUT2D eigenvalue weighted by Gasteiger charge is 2.13. The average molecular weight is 254 g/mol. The fourth-order valence-corrected chi connectivity index (χ4v) is 1.68. The first-order valence-corrected chi connectivity index (χ1v) is 6.27. The summed E-state index contributed by atoms with van der Waals surface area (Å²) < 4.78 is 1.96. The van der Waals surface area contributed by atoms with E-state index >= 15 is 0 Å². The van der Waals surface area contributed by atoms with Gasteiger partial charge < -0.3 is 5.32 Å². The zero-order valence-electron chi connectivity index (χ0n) is 11.5. The standard InChI is InChI=1S/C15H18N4/c1-15(2,3)19-11-13(10-18-19)9-17-14-6-4-12(8-16)5-7-14/h4-7,10-11,17H,9H2,1-3H3. The Morgan fingerprint density at radius 3 is 2.47 bits per heavy atom. The van der Waals surface area contributed by atoms with E-state index in [0.29, 0.717) is 5.56 Å². The predicted molar refractivity (Wildman–Crippen MR) is 75.7 cm³/mol. The van der Waals surface area contributed by atoms with E-state index in [0.717, 1.165) is 17.8 Å². The Hall–Kier alpha value is -2.28. The SMILES string of the molecule is CC(C)(C)n1cc(CNc2ccc(C#N)cc2)cn1. The minimum absolute atomic E-state index is 0.00664. The summed E-state index contributed by atoms with van der Waals surface area (Å²) in [6, 6.07) is 9.54. The number of anilines is 1. The molecule has 1 aromatic carbocycles. The fraction of sp³-hybridized carbons (Fsp3) is 0.333. The molecule has 4 nitrogen and oxygen atoms in total. The molecule has 0 spiro atoms. The highest BCUT2D eigenvalue weighted by atomic mass is 15.3. The third-order valence-electron chi connectivity index (χ3n) is 2.83. The zero-order chi connectivity index (χ0) is 13.9. The van der Waals surface area contributed by atoms with Crippen molar-refractivity contribution < 1.29 is 0 Å². The molecule has 2 rings (SSSR count). The highest BCUT2D eigenvalue weighted by molar-refractivity contribution is 5.47. The van der Waals surface area contributed by atoms with Crippen LogP contribution in [0.3, 0.4) is 0 Å². The Morgan fingerprint density at radius 2 is 1.95 bits per heavy atom. The summed E-state index contributed by atoms with van der Waals surface area (Å²) in [5, 5.41) is 16.4. The van der Waals surface area contributed by atoms with Gasteiger partial charge in [-0.25, -0.2) is 0 Å². The van der Waals surface area contributed by atoms with Crippen LogP contribution >= 0.6 is 0 Å². The molecule has 0 saturated heterocycles. The number of rotatable bonds is 3. The maximum absolute atomic E-state index is 8.73. The van der Waals surface area contributed by atoms with Crippen molar-refractivity contribution in [2.75, 3.05) is 5.32 Å². The van der Waals surface area contributed by atoms with Crippen molar-refractivity contribution >= 4 is 5.69 Å². The van der Waals surface area contributed by atoms with Crippen LogP contribution in [0, 0.1) is 11.3 Å². The smallest absolute Gasteiger partial charge is 0.0991 e. The lowest BCUT2D eigenvalue weighted by Crippen LogP contribution is -2.21. The molecular weight excluding hydrogens is 236 g/mol. The average Bonchev–Trinajstić information content (AvgIpc) is 2.86. The number of aromatic nitrogens is 2. The lowest BCUT2D eigenvalue weighted by atomic mass is 10.1. The van der Waals surface area contributed by atoms with Gasteiger partial charge in [0.15, 0.2) is 0 Å². The molecule has 1 aromatic heterocycles. The number of hydrogen-bond donors (Lipinski definition) is 1. The van der Waals surface area contributed by atoms with E-state index in [9.17, 15) is 0 Å². The molecule has 0 atom stereocenters. The molecule has 4 heteroatoms. The van der Waals surface area contributed by atoms with Crippen LogP contribution in [0.25, 0.3) is 0 Å². The van der Waals surface area contributed by atoms with E-state index in [1.54, 1.807) is 12.1 Å². The van der Waals surface area contributed by atoms with Gasteiger partial charge in [0.05, 0.1) is 23.4 Å². The third kappa shape index (κ3) is 3.35. The molecule has 0 radical (unpaired) electrons. The molecule has 1 N–H and O–H groups in total. The molecule has 0 bridgehead atoms. The summed E-state index contributed by atoms with van der Waals surface area (Å²) in [6.45, 7) is 7.09. The largest absolute Gasteiger partial charge is 0.381 e. The van der Waals surface area contributed by atoms with E-state index in [1.165, 1.54) is 0 Å². The summed E-state index contributed by atoms with van der Waals surface area (Å²) >= 11 is 0. The molecule has 19 heavy (non-hydrogen) atoms. The highest BCUT2D eigenvalue weighted by Crippen LogP contribution is 2.14. The van der Waals surface area contributed by atoms with Gasteiger partial charge in [-0.3, -0.25) is 4.68 Å². The molecule has 0 aliphatic rings. The van der Waals surface area contributed by atoms with Crippen LogP contribution in [0.15, 0.2) is 36.7 Å². The second-order valence-corrected chi connectivity index (χ2v) is 5.51. The van der Waals surface area contributed by atoms with Crippen molar-refractivity contribution in [2.45, 2.75) is 32.9 Å². The Bertz CT molecular complexity index is 582. The fourth-order valence-electron chi connectivity index (χ4n) is 1.68. The van der Waals surface area contributed by atoms with Crippen molar-refractivity contribution in [3.8, 4) is 6.07 Å². The number of benzene rings is 1. The molecule has 0 aliphatic carbocycles.